The lowest BCUT2D eigenvalue weighted by Crippen LogP contribution is -2.26. The van der Waals surface area contributed by atoms with Gasteiger partial charge in [0.15, 0.2) is 0 Å². The molecule has 0 unspecified atom stereocenters. The first-order chi connectivity index (χ1) is 9.98. The molecule has 6 heteroatoms. The van der Waals surface area contributed by atoms with Gasteiger partial charge in [0.2, 0.25) is 0 Å². The van der Waals surface area contributed by atoms with Crippen LogP contribution in [0.1, 0.15) is 5.56 Å². The van der Waals surface area contributed by atoms with E-state index in [1.807, 2.05) is 6.07 Å². The molecule has 1 aliphatic heterocycles. The molecule has 0 radical (unpaired) electrons. The smallest absolute Gasteiger partial charge is 0.264 e. The first-order valence-electron chi connectivity index (χ1n) is 6.63. The van der Waals surface area contributed by atoms with E-state index in [9.17, 15) is 13.5 Å². The van der Waals surface area contributed by atoms with E-state index in [0.29, 0.717) is 5.69 Å². The van der Waals surface area contributed by atoms with Gasteiger partial charge in [-0.05, 0) is 36.2 Å². The second kappa shape index (κ2) is 4.96. The highest BCUT2D eigenvalue weighted by atomic mass is 32.2. The summed E-state index contributed by atoms with van der Waals surface area (Å²) >= 11 is 0. The normalized spacial score (nSPS) is 13.6. The fourth-order valence-corrected chi connectivity index (χ4v) is 3.63. The van der Waals surface area contributed by atoms with Gasteiger partial charge < -0.3 is 10.4 Å². The van der Waals surface area contributed by atoms with Crippen LogP contribution in [0.5, 0.6) is 5.75 Å². The number of phenols is 1. The standard InChI is InChI=1S/C15H16N2O3S/c1-17(12-3-2-4-13(18)9-12)21(19,20)14-6-5-11-7-8-16-15(11)10-14/h2-6,9-10,16,18H,7-8H2,1H3. The lowest BCUT2D eigenvalue weighted by atomic mass is 10.2. The number of nitrogens with one attached hydrogen (secondary N) is 1. The van der Waals surface area contributed by atoms with E-state index in [2.05, 4.69) is 5.32 Å². The van der Waals surface area contributed by atoms with Crippen molar-refractivity contribution in [1.29, 1.82) is 0 Å². The molecule has 110 valence electrons. The summed E-state index contributed by atoms with van der Waals surface area (Å²) in [7, 11) is -2.17. The molecule has 0 bridgehead atoms. The molecule has 0 atom stereocenters. The molecule has 2 N–H and O–H groups in total. The molecule has 2 aromatic carbocycles. The molecule has 21 heavy (non-hydrogen) atoms. The lowest BCUT2D eigenvalue weighted by molar-refractivity contribution is 0.475. The maximum atomic E-state index is 12.7. The molecule has 0 aliphatic carbocycles. The number of aromatic hydroxyl groups is 1. The van der Waals surface area contributed by atoms with Gasteiger partial charge >= 0.3 is 0 Å². The van der Waals surface area contributed by atoms with Crippen molar-refractivity contribution >= 4 is 21.4 Å². The average Bonchev–Trinajstić information content (AvgIpc) is 2.93. The van der Waals surface area contributed by atoms with Crippen LogP contribution in [0.2, 0.25) is 0 Å². The van der Waals surface area contributed by atoms with Crippen LogP contribution in [0.4, 0.5) is 11.4 Å². The number of phenolic OH excluding ortho intramolecular Hbond substituents is 1. The Kier molecular flexibility index (Phi) is 3.25. The van der Waals surface area contributed by atoms with Crippen LogP contribution < -0.4 is 9.62 Å². The fraction of sp³-hybridized carbons (Fsp3) is 0.200. The van der Waals surface area contributed by atoms with Crippen LogP contribution in [0.25, 0.3) is 0 Å². The summed E-state index contributed by atoms with van der Waals surface area (Å²) in [6, 6.07) is 11.3. The van der Waals surface area contributed by atoms with Crippen molar-refractivity contribution in [2.24, 2.45) is 0 Å². The molecule has 0 saturated carbocycles. The van der Waals surface area contributed by atoms with Gasteiger partial charge in [0.05, 0.1) is 10.6 Å². The van der Waals surface area contributed by atoms with Gasteiger partial charge in [-0.2, -0.15) is 0 Å². The van der Waals surface area contributed by atoms with Crippen molar-refractivity contribution < 1.29 is 13.5 Å². The number of sulfonamides is 1. The SMILES string of the molecule is CN(c1cccc(O)c1)S(=O)(=O)c1ccc2c(c1)NCC2. The molecule has 0 amide bonds. The van der Waals surface area contributed by atoms with Crippen molar-refractivity contribution in [3.8, 4) is 5.75 Å². The maximum Gasteiger partial charge on any atom is 0.264 e. The second-order valence-electron chi connectivity index (χ2n) is 4.99. The zero-order valence-electron chi connectivity index (χ0n) is 11.6. The highest BCUT2D eigenvalue weighted by molar-refractivity contribution is 7.92. The Balaban J connectivity index is 2.00. The van der Waals surface area contributed by atoms with Crippen molar-refractivity contribution in [3.05, 3.63) is 48.0 Å². The summed E-state index contributed by atoms with van der Waals surface area (Å²) < 4.78 is 26.5. The van der Waals surface area contributed by atoms with Gasteiger partial charge in [0.1, 0.15) is 5.75 Å². The Morgan fingerprint density at radius 1 is 1.19 bits per heavy atom. The Morgan fingerprint density at radius 2 is 2.00 bits per heavy atom. The van der Waals surface area contributed by atoms with Gasteiger partial charge in [-0.3, -0.25) is 4.31 Å². The third-order valence-corrected chi connectivity index (χ3v) is 5.42. The number of rotatable bonds is 3. The zero-order chi connectivity index (χ0) is 15.0. The Morgan fingerprint density at radius 3 is 2.76 bits per heavy atom. The predicted molar refractivity (Wildman–Crippen MR) is 82.3 cm³/mol. The Bertz CT molecular complexity index is 787. The van der Waals surface area contributed by atoms with Crippen LogP contribution in [-0.2, 0) is 16.4 Å². The molecular weight excluding hydrogens is 288 g/mol. The van der Waals surface area contributed by atoms with Crippen LogP contribution >= 0.6 is 0 Å². The summed E-state index contributed by atoms with van der Waals surface area (Å²) in [5.41, 5.74) is 2.43. The topological polar surface area (TPSA) is 69.6 Å². The largest absolute Gasteiger partial charge is 0.508 e. The number of fused-ring (bicyclic) bond motifs is 1. The fourth-order valence-electron chi connectivity index (χ4n) is 2.42. The quantitative estimate of drug-likeness (QED) is 0.912. The molecule has 0 saturated heterocycles. The van der Waals surface area contributed by atoms with E-state index in [-0.39, 0.29) is 10.6 Å². The van der Waals surface area contributed by atoms with Crippen molar-refractivity contribution in [1.82, 2.24) is 0 Å². The first kappa shape index (κ1) is 13.8. The van der Waals surface area contributed by atoms with Gasteiger partial charge in [0.25, 0.3) is 10.0 Å². The van der Waals surface area contributed by atoms with Gasteiger partial charge in [-0.25, -0.2) is 8.42 Å². The molecule has 1 heterocycles. The monoisotopic (exact) mass is 304 g/mol. The molecular formula is C15H16N2O3S. The number of hydrogen-bond acceptors (Lipinski definition) is 4. The number of nitrogens with zero attached hydrogens (tertiary/aromatic N) is 1. The highest BCUT2D eigenvalue weighted by Gasteiger charge is 2.23. The van der Waals surface area contributed by atoms with E-state index < -0.39 is 10.0 Å². The van der Waals surface area contributed by atoms with Crippen molar-refractivity contribution in [2.75, 3.05) is 23.2 Å². The Labute approximate surface area is 123 Å². The predicted octanol–water partition coefficient (Wildman–Crippen LogP) is 2.19. The molecule has 5 nitrogen and oxygen atoms in total. The lowest BCUT2D eigenvalue weighted by Gasteiger charge is -2.20. The van der Waals surface area contributed by atoms with Crippen molar-refractivity contribution in [3.63, 3.8) is 0 Å². The molecule has 1 aliphatic rings. The molecule has 0 spiro atoms. The van der Waals surface area contributed by atoms with Crippen LogP contribution in [-0.4, -0.2) is 27.1 Å². The minimum atomic E-state index is -3.65. The molecule has 0 fully saturated rings. The molecule has 3 rings (SSSR count). The van der Waals surface area contributed by atoms with E-state index in [4.69, 9.17) is 0 Å². The van der Waals surface area contributed by atoms with Crippen molar-refractivity contribution in [2.45, 2.75) is 11.3 Å². The molecule has 0 aromatic heterocycles. The summed E-state index contributed by atoms with van der Waals surface area (Å²) in [5.74, 6) is 0.0326. The minimum absolute atomic E-state index is 0.0326. The zero-order valence-corrected chi connectivity index (χ0v) is 12.4. The van der Waals surface area contributed by atoms with Gasteiger partial charge in [-0.15, -0.1) is 0 Å². The summed E-state index contributed by atoms with van der Waals surface area (Å²) in [6.45, 7) is 0.835. The summed E-state index contributed by atoms with van der Waals surface area (Å²) in [4.78, 5) is 0.237. The number of hydrogen-bond donors (Lipinski definition) is 2. The summed E-state index contributed by atoms with van der Waals surface area (Å²) in [6.07, 6.45) is 0.915. The summed E-state index contributed by atoms with van der Waals surface area (Å²) in [5, 5.41) is 12.7. The van der Waals surface area contributed by atoms with Crippen LogP contribution in [0, 0.1) is 0 Å². The highest BCUT2D eigenvalue weighted by Crippen LogP contribution is 2.29. The maximum absolute atomic E-state index is 12.7. The average molecular weight is 304 g/mol. The Hall–Kier alpha value is -2.21. The third kappa shape index (κ3) is 2.42. The number of benzene rings is 2. The van der Waals surface area contributed by atoms with Gasteiger partial charge in [-0.1, -0.05) is 12.1 Å². The van der Waals surface area contributed by atoms with E-state index in [0.717, 1.165) is 24.2 Å². The minimum Gasteiger partial charge on any atom is -0.508 e. The van der Waals surface area contributed by atoms with E-state index >= 15 is 0 Å². The van der Waals surface area contributed by atoms with Gasteiger partial charge in [0, 0.05) is 25.3 Å². The van der Waals surface area contributed by atoms with E-state index in [1.54, 1.807) is 24.3 Å². The van der Waals surface area contributed by atoms with Crippen LogP contribution in [0.15, 0.2) is 47.4 Å². The molecule has 2 aromatic rings. The first-order valence-corrected chi connectivity index (χ1v) is 8.07. The third-order valence-electron chi connectivity index (χ3n) is 3.64. The number of anilines is 2. The van der Waals surface area contributed by atoms with E-state index in [1.165, 1.54) is 23.5 Å². The second-order valence-corrected chi connectivity index (χ2v) is 6.96. The van der Waals surface area contributed by atoms with Crippen LogP contribution in [0.3, 0.4) is 0 Å².